The van der Waals surface area contributed by atoms with Crippen molar-refractivity contribution in [1.82, 2.24) is 0 Å². The smallest absolute Gasteiger partial charge is 0.216 e. The summed E-state index contributed by atoms with van der Waals surface area (Å²) < 4.78 is 6.47. The third-order valence-corrected chi connectivity index (χ3v) is 6.85. The van der Waals surface area contributed by atoms with E-state index in [4.69, 9.17) is 14.5 Å². The molecule has 5 nitrogen and oxygen atoms in total. The van der Waals surface area contributed by atoms with Gasteiger partial charge in [-0.05, 0) is 31.1 Å². The maximum Gasteiger partial charge on any atom is 0.216 e. The lowest BCUT2D eigenvalue weighted by atomic mass is 9.40. The van der Waals surface area contributed by atoms with Crippen LogP contribution in [0.1, 0.15) is 46.0 Å². The number of hydrogen-bond donors (Lipinski definition) is 2. The molecule has 2 spiro atoms. The molecule has 0 amide bonds. The van der Waals surface area contributed by atoms with Crippen LogP contribution in [-0.4, -0.2) is 34.0 Å². The van der Waals surface area contributed by atoms with Crippen LogP contribution in [0.2, 0.25) is 0 Å². The van der Waals surface area contributed by atoms with Crippen LogP contribution in [0.5, 0.6) is 0 Å². The van der Waals surface area contributed by atoms with Crippen molar-refractivity contribution >= 4 is 0 Å². The first-order valence-electron chi connectivity index (χ1n) is 8.52. The van der Waals surface area contributed by atoms with Crippen LogP contribution in [0.15, 0.2) is 11.6 Å². The molecular weight excluding hydrogens is 284 g/mol. The number of allylic oxidation sites excluding steroid dienone is 1. The molecule has 0 aromatic heterocycles. The third-order valence-electron chi connectivity index (χ3n) is 6.85. The first-order valence-corrected chi connectivity index (χ1v) is 8.52. The summed E-state index contributed by atoms with van der Waals surface area (Å²) in [6.45, 7) is 4.38. The van der Waals surface area contributed by atoms with Gasteiger partial charge in [0.1, 0.15) is 0 Å². The second-order valence-electron chi connectivity index (χ2n) is 8.38. The zero-order chi connectivity index (χ0) is 15.3. The Balaban J connectivity index is 1.51. The molecule has 0 aromatic rings. The van der Waals surface area contributed by atoms with Gasteiger partial charge in [0.05, 0.1) is 12.2 Å². The molecule has 6 unspecified atom stereocenters. The van der Waals surface area contributed by atoms with Crippen molar-refractivity contribution in [1.29, 1.82) is 0 Å². The Morgan fingerprint density at radius 3 is 2.55 bits per heavy atom. The van der Waals surface area contributed by atoms with E-state index in [-0.39, 0.29) is 11.3 Å². The number of ether oxygens (including phenoxy) is 1. The van der Waals surface area contributed by atoms with E-state index in [1.54, 1.807) is 0 Å². The molecule has 1 saturated heterocycles. The van der Waals surface area contributed by atoms with Crippen LogP contribution in [0, 0.1) is 23.2 Å². The molecule has 1 aliphatic heterocycles. The Labute approximate surface area is 130 Å². The first-order chi connectivity index (χ1) is 10.4. The van der Waals surface area contributed by atoms with Crippen LogP contribution < -0.4 is 0 Å². The largest absolute Gasteiger partial charge is 0.393 e. The summed E-state index contributed by atoms with van der Waals surface area (Å²) in [5.41, 5.74) is 1.38. The van der Waals surface area contributed by atoms with E-state index >= 15 is 0 Å². The van der Waals surface area contributed by atoms with Gasteiger partial charge >= 0.3 is 0 Å². The highest BCUT2D eigenvalue weighted by atomic mass is 17.3. The first kappa shape index (κ1) is 13.9. The lowest BCUT2D eigenvalue weighted by molar-refractivity contribution is -0.398. The van der Waals surface area contributed by atoms with E-state index in [2.05, 4.69) is 19.9 Å². The van der Waals surface area contributed by atoms with Crippen LogP contribution in [-0.2, 0) is 14.5 Å². The van der Waals surface area contributed by atoms with E-state index in [1.165, 1.54) is 12.0 Å². The summed E-state index contributed by atoms with van der Waals surface area (Å²) in [5, 5.41) is 20.0. The summed E-state index contributed by atoms with van der Waals surface area (Å²) in [4.78, 5) is 11.6. The number of aliphatic hydroxyl groups excluding tert-OH is 2. The van der Waals surface area contributed by atoms with Crippen molar-refractivity contribution in [3.05, 3.63) is 11.6 Å². The van der Waals surface area contributed by atoms with Crippen molar-refractivity contribution in [2.24, 2.45) is 23.2 Å². The van der Waals surface area contributed by atoms with E-state index < -0.39 is 23.8 Å². The number of hydrogen-bond acceptors (Lipinski definition) is 5. The highest BCUT2D eigenvalue weighted by molar-refractivity contribution is 5.41. The molecule has 2 N–H and O–H groups in total. The molecule has 122 valence electrons. The molecule has 0 aromatic carbocycles. The van der Waals surface area contributed by atoms with Gasteiger partial charge in [-0.1, -0.05) is 25.5 Å². The van der Waals surface area contributed by atoms with E-state index in [9.17, 15) is 10.2 Å². The minimum absolute atomic E-state index is 0.153. The molecule has 5 aliphatic rings. The van der Waals surface area contributed by atoms with Crippen molar-refractivity contribution < 1.29 is 24.7 Å². The van der Waals surface area contributed by atoms with Gasteiger partial charge in [-0.25, -0.2) is 0 Å². The predicted octanol–water partition coefficient (Wildman–Crippen LogP) is 1.89. The zero-order valence-corrected chi connectivity index (χ0v) is 13.1. The van der Waals surface area contributed by atoms with Crippen LogP contribution in [0.25, 0.3) is 0 Å². The molecule has 8 atom stereocenters. The Morgan fingerprint density at radius 1 is 1.14 bits per heavy atom. The summed E-state index contributed by atoms with van der Waals surface area (Å²) >= 11 is 0. The maximum absolute atomic E-state index is 10.0. The lowest BCUT2D eigenvalue weighted by Gasteiger charge is -2.67. The summed E-state index contributed by atoms with van der Waals surface area (Å²) in [5.74, 6) is -0.256. The highest BCUT2D eigenvalue weighted by Gasteiger charge is 2.75. The van der Waals surface area contributed by atoms with E-state index in [1.807, 2.05) is 0 Å². The van der Waals surface area contributed by atoms with Gasteiger partial charge in [0, 0.05) is 24.2 Å². The minimum Gasteiger partial charge on any atom is -0.393 e. The summed E-state index contributed by atoms with van der Waals surface area (Å²) in [7, 11) is 0. The van der Waals surface area contributed by atoms with Gasteiger partial charge in [-0.15, -0.1) is 0 Å². The molecule has 1 heterocycles. The molecule has 3 saturated carbocycles. The Bertz CT molecular complexity index is 549. The predicted molar refractivity (Wildman–Crippen MR) is 76.1 cm³/mol. The fourth-order valence-electron chi connectivity index (χ4n) is 6.03. The lowest BCUT2D eigenvalue weighted by Crippen LogP contribution is -2.68. The Hall–Kier alpha value is -0.460. The van der Waals surface area contributed by atoms with Crippen molar-refractivity contribution in [3.8, 4) is 0 Å². The topological polar surface area (TPSA) is 68.2 Å². The third kappa shape index (κ3) is 1.43. The monoisotopic (exact) mass is 308 g/mol. The molecule has 0 radical (unpaired) electrons. The van der Waals surface area contributed by atoms with Crippen LogP contribution >= 0.6 is 0 Å². The second kappa shape index (κ2) is 3.95. The number of fused-ring (bicyclic) bond motifs is 1. The van der Waals surface area contributed by atoms with Gasteiger partial charge in [-0.3, -0.25) is 0 Å². The van der Waals surface area contributed by atoms with Crippen molar-refractivity contribution in [2.45, 2.75) is 69.7 Å². The van der Waals surface area contributed by atoms with Gasteiger partial charge in [0.25, 0.3) is 0 Å². The Kier molecular flexibility index (Phi) is 2.50. The van der Waals surface area contributed by atoms with Gasteiger partial charge in [0.15, 0.2) is 0 Å². The normalized spacial score (nSPS) is 62.4. The molecule has 5 rings (SSSR count). The SMILES string of the molecule is CC1CC2CC3=CC(C)(C32)C12OOC1(C[C@H](O)C[C@H](O)C1)O2. The standard InChI is InChI=1S/C17H24O5/c1-9-3-10-4-11-6-15(2,14(10)11)17(9)20-16(21-22-17)7-12(18)5-13(19)8-16/h6,9-10,12-14,18-19H,3-5,7-8H2,1-2H3/t9?,10?,12-,13+,14?,15?,16?,17?. The quantitative estimate of drug-likeness (QED) is 0.528. The van der Waals surface area contributed by atoms with E-state index in [0.717, 1.165) is 12.3 Å². The zero-order valence-electron chi connectivity index (χ0n) is 13.1. The average Bonchev–Trinajstić information content (AvgIpc) is 2.74. The molecule has 4 fully saturated rings. The summed E-state index contributed by atoms with van der Waals surface area (Å²) in [6.07, 6.45) is 4.49. The van der Waals surface area contributed by atoms with E-state index in [0.29, 0.717) is 25.2 Å². The highest BCUT2D eigenvalue weighted by Crippen LogP contribution is 2.73. The summed E-state index contributed by atoms with van der Waals surface area (Å²) in [6, 6.07) is 0. The molecule has 4 aliphatic carbocycles. The average molecular weight is 308 g/mol. The Morgan fingerprint density at radius 2 is 1.86 bits per heavy atom. The fraction of sp³-hybridized carbons (Fsp3) is 0.882. The van der Waals surface area contributed by atoms with Crippen LogP contribution in [0.3, 0.4) is 0 Å². The van der Waals surface area contributed by atoms with Gasteiger partial charge < -0.3 is 14.9 Å². The maximum atomic E-state index is 10.0. The van der Waals surface area contributed by atoms with Crippen molar-refractivity contribution in [3.63, 3.8) is 0 Å². The van der Waals surface area contributed by atoms with Gasteiger partial charge in [0.2, 0.25) is 11.6 Å². The fourth-order valence-corrected chi connectivity index (χ4v) is 6.03. The molecule has 5 heteroatoms. The second-order valence-corrected chi connectivity index (χ2v) is 8.38. The van der Waals surface area contributed by atoms with Crippen molar-refractivity contribution in [2.75, 3.05) is 0 Å². The van der Waals surface area contributed by atoms with Crippen LogP contribution in [0.4, 0.5) is 0 Å². The molecule has 0 bridgehead atoms. The molecule has 22 heavy (non-hydrogen) atoms. The van der Waals surface area contributed by atoms with Gasteiger partial charge in [-0.2, -0.15) is 9.78 Å². The minimum atomic E-state index is -1.01. The molecular formula is C17H24O5. The number of aliphatic hydroxyl groups is 2. The number of rotatable bonds is 0.